The first-order chi connectivity index (χ1) is 13.6. The lowest BCUT2D eigenvalue weighted by atomic mass is 10.2. The van der Waals surface area contributed by atoms with E-state index in [-0.39, 0.29) is 6.04 Å². The van der Waals surface area contributed by atoms with Crippen molar-refractivity contribution in [2.45, 2.75) is 40.2 Å². The molecule has 0 spiro atoms. The lowest BCUT2D eigenvalue weighted by molar-refractivity contribution is 0.338. The quantitative estimate of drug-likeness (QED) is 0.488. The fourth-order valence-corrected chi connectivity index (χ4v) is 2.68. The molecule has 0 aliphatic carbocycles. The zero-order valence-corrected chi connectivity index (χ0v) is 17.1. The minimum absolute atomic E-state index is 0.122. The number of rotatable bonds is 10. The Balaban J connectivity index is 2.29. The summed E-state index contributed by atoms with van der Waals surface area (Å²) >= 11 is 0. The standard InChI is InChI=1S/C23H29N3O2/c1-6-9-14-19(8-3)22-24-23(28-25-22)26(18(4)5)20(13-7-2)17-27-21-15-11-10-12-16-21/h6,8-16,18H,3,7,17H2,1-2,4-5H3/b9-6-,19-14+,20-13?. The van der Waals surface area contributed by atoms with Crippen LogP contribution < -0.4 is 9.64 Å². The second kappa shape index (κ2) is 10.9. The SMILES string of the molecule is C=C/C(=C\C=C/C)c1noc(N(C(=CCC)COc2ccccc2)C(C)C)n1. The Morgan fingerprint density at radius 3 is 2.64 bits per heavy atom. The molecule has 0 unspecified atom stereocenters. The van der Waals surface area contributed by atoms with Crippen LogP contribution >= 0.6 is 0 Å². The molecule has 1 heterocycles. The number of aromatic nitrogens is 2. The van der Waals surface area contributed by atoms with Crippen molar-refractivity contribution in [1.82, 2.24) is 10.1 Å². The predicted molar refractivity (Wildman–Crippen MR) is 115 cm³/mol. The first kappa shape index (κ1) is 21.2. The third-order valence-corrected chi connectivity index (χ3v) is 3.96. The van der Waals surface area contributed by atoms with Gasteiger partial charge in [0.25, 0.3) is 0 Å². The number of ether oxygens (including phenoxy) is 1. The third kappa shape index (κ3) is 5.71. The van der Waals surface area contributed by atoms with Gasteiger partial charge in [-0.05, 0) is 39.3 Å². The van der Waals surface area contributed by atoms with Gasteiger partial charge >= 0.3 is 6.01 Å². The summed E-state index contributed by atoms with van der Waals surface area (Å²) in [6.07, 6.45) is 10.5. The normalized spacial score (nSPS) is 12.6. The van der Waals surface area contributed by atoms with E-state index >= 15 is 0 Å². The fourth-order valence-electron chi connectivity index (χ4n) is 2.68. The molecule has 0 aliphatic rings. The maximum absolute atomic E-state index is 5.97. The zero-order valence-electron chi connectivity index (χ0n) is 17.1. The average Bonchev–Trinajstić information content (AvgIpc) is 3.17. The molecule has 2 rings (SSSR count). The van der Waals surface area contributed by atoms with E-state index in [0.717, 1.165) is 23.4 Å². The Morgan fingerprint density at radius 1 is 1.29 bits per heavy atom. The number of hydrogen-bond acceptors (Lipinski definition) is 5. The van der Waals surface area contributed by atoms with Gasteiger partial charge in [-0.15, -0.1) is 0 Å². The molecule has 0 saturated heterocycles. The molecule has 1 aromatic heterocycles. The van der Waals surface area contributed by atoms with Crippen LogP contribution in [0.15, 0.2) is 77.5 Å². The summed E-state index contributed by atoms with van der Waals surface area (Å²) in [6.45, 7) is 12.5. The number of nitrogens with zero attached hydrogens (tertiary/aromatic N) is 3. The highest BCUT2D eigenvalue weighted by Gasteiger charge is 2.22. The van der Waals surface area contributed by atoms with Gasteiger partial charge in [-0.2, -0.15) is 4.98 Å². The summed E-state index contributed by atoms with van der Waals surface area (Å²) < 4.78 is 11.6. The molecule has 148 valence electrons. The summed E-state index contributed by atoms with van der Waals surface area (Å²) in [5.74, 6) is 1.33. The van der Waals surface area contributed by atoms with Crippen molar-refractivity contribution < 1.29 is 9.26 Å². The number of benzene rings is 1. The summed E-state index contributed by atoms with van der Waals surface area (Å²) in [5, 5.41) is 4.14. The largest absolute Gasteiger partial charge is 0.487 e. The van der Waals surface area contributed by atoms with Crippen molar-refractivity contribution in [1.29, 1.82) is 0 Å². The van der Waals surface area contributed by atoms with Crippen molar-refractivity contribution >= 4 is 11.6 Å². The summed E-state index contributed by atoms with van der Waals surface area (Å²) in [4.78, 5) is 6.61. The molecule has 5 nitrogen and oxygen atoms in total. The molecular weight excluding hydrogens is 350 g/mol. The highest BCUT2D eigenvalue weighted by molar-refractivity contribution is 5.70. The van der Waals surface area contributed by atoms with Crippen LogP contribution in [-0.2, 0) is 0 Å². The highest BCUT2D eigenvalue weighted by atomic mass is 16.5. The summed E-state index contributed by atoms with van der Waals surface area (Å²) in [5.41, 5.74) is 1.78. The summed E-state index contributed by atoms with van der Waals surface area (Å²) in [6, 6.07) is 10.3. The molecule has 0 amide bonds. The van der Waals surface area contributed by atoms with E-state index in [1.165, 1.54) is 0 Å². The van der Waals surface area contributed by atoms with E-state index in [2.05, 4.69) is 43.6 Å². The van der Waals surface area contributed by atoms with Crippen molar-refractivity contribution in [3.8, 4) is 5.75 Å². The smallest absolute Gasteiger partial charge is 0.328 e. The lowest BCUT2D eigenvalue weighted by Crippen LogP contribution is -2.33. The van der Waals surface area contributed by atoms with Gasteiger partial charge in [0, 0.05) is 11.6 Å². The number of hydrogen-bond donors (Lipinski definition) is 0. The molecule has 0 radical (unpaired) electrons. The molecule has 28 heavy (non-hydrogen) atoms. The van der Waals surface area contributed by atoms with Crippen LogP contribution in [0.1, 0.15) is 39.9 Å². The minimum atomic E-state index is 0.122. The molecule has 0 N–H and O–H groups in total. The van der Waals surface area contributed by atoms with Gasteiger partial charge in [0.05, 0.1) is 5.70 Å². The van der Waals surface area contributed by atoms with Crippen LogP contribution in [0, 0.1) is 0 Å². The van der Waals surface area contributed by atoms with Crippen LogP contribution in [0.3, 0.4) is 0 Å². The molecule has 1 aromatic carbocycles. The van der Waals surface area contributed by atoms with Crippen LogP contribution in [-0.4, -0.2) is 22.8 Å². The van der Waals surface area contributed by atoms with E-state index in [0.29, 0.717) is 18.4 Å². The Kier molecular flexibility index (Phi) is 8.28. The van der Waals surface area contributed by atoms with Crippen molar-refractivity contribution in [3.05, 3.63) is 78.8 Å². The van der Waals surface area contributed by atoms with Gasteiger partial charge in [-0.3, -0.25) is 4.90 Å². The monoisotopic (exact) mass is 379 g/mol. The Morgan fingerprint density at radius 2 is 2.04 bits per heavy atom. The molecular formula is C23H29N3O2. The molecule has 0 saturated carbocycles. The Labute approximate surface area is 167 Å². The number of allylic oxidation sites excluding steroid dienone is 6. The van der Waals surface area contributed by atoms with Crippen LogP contribution in [0.5, 0.6) is 5.75 Å². The van der Waals surface area contributed by atoms with E-state index in [1.54, 1.807) is 6.08 Å². The fraction of sp³-hybridized carbons (Fsp3) is 0.304. The first-order valence-corrected chi connectivity index (χ1v) is 9.56. The van der Waals surface area contributed by atoms with E-state index in [1.807, 2.05) is 60.4 Å². The topological polar surface area (TPSA) is 51.4 Å². The number of anilines is 1. The zero-order chi connectivity index (χ0) is 20.4. The van der Waals surface area contributed by atoms with Gasteiger partial charge < -0.3 is 9.26 Å². The molecule has 0 atom stereocenters. The van der Waals surface area contributed by atoms with Gasteiger partial charge in [0.15, 0.2) is 0 Å². The van der Waals surface area contributed by atoms with Gasteiger partial charge in [-0.1, -0.05) is 67.2 Å². The number of para-hydroxylation sites is 1. The molecule has 0 fully saturated rings. The Hall–Kier alpha value is -3.08. The van der Waals surface area contributed by atoms with E-state index in [4.69, 9.17) is 9.26 Å². The maximum Gasteiger partial charge on any atom is 0.328 e. The molecule has 5 heteroatoms. The van der Waals surface area contributed by atoms with E-state index in [9.17, 15) is 0 Å². The second-order valence-corrected chi connectivity index (χ2v) is 6.42. The van der Waals surface area contributed by atoms with E-state index < -0.39 is 0 Å². The van der Waals surface area contributed by atoms with Crippen LogP contribution in [0.4, 0.5) is 6.01 Å². The van der Waals surface area contributed by atoms with Crippen LogP contribution in [0.25, 0.3) is 5.57 Å². The van der Waals surface area contributed by atoms with Crippen molar-refractivity contribution in [2.75, 3.05) is 11.5 Å². The lowest BCUT2D eigenvalue weighted by Gasteiger charge is -2.27. The van der Waals surface area contributed by atoms with Gasteiger partial charge in [0.1, 0.15) is 12.4 Å². The molecule has 0 bridgehead atoms. The maximum atomic E-state index is 5.97. The Bertz CT molecular complexity index is 833. The molecule has 2 aromatic rings. The highest BCUT2D eigenvalue weighted by Crippen LogP contribution is 2.24. The van der Waals surface area contributed by atoms with Crippen molar-refractivity contribution in [3.63, 3.8) is 0 Å². The van der Waals surface area contributed by atoms with Gasteiger partial charge in [-0.25, -0.2) is 0 Å². The molecule has 0 aliphatic heterocycles. The second-order valence-electron chi connectivity index (χ2n) is 6.42. The third-order valence-electron chi connectivity index (χ3n) is 3.96. The van der Waals surface area contributed by atoms with Crippen LogP contribution in [0.2, 0.25) is 0 Å². The predicted octanol–water partition coefficient (Wildman–Crippen LogP) is 5.80. The van der Waals surface area contributed by atoms with Crippen molar-refractivity contribution in [2.24, 2.45) is 0 Å². The first-order valence-electron chi connectivity index (χ1n) is 9.56. The minimum Gasteiger partial charge on any atom is -0.487 e. The van der Waals surface area contributed by atoms with Gasteiger partial charge in [0.2, 0.25) is 5.82 Å². The summed E-state index contributed by atoms with van der Waals surface area (Å²) in [7, 11) is 0. The average molecular weight is 380 g/mol.